The highest BCUT2D eigenvalue weighted by molar-refractivity contribution is 5.77. The van der Waals surface area contributed by atoms with Crippen molar-refractivity contribution in [3.8, 4) is 0 Å². The Labute approximate surface area is 126 Å². The average molecular weight is 287 g/mol. The number of aryl methyl sites for hydroxylation is 1. The summed E-state index contributed by atoms with van der Waals surface area (Å²) in [5, 5.41) is 13.4. The predicted octanol–water partition coefficient (Wildman–Crippen LogP) is 2.92. The van der Waals surface area contributed by atoms with Crippen molar-refractivity contribution in [2.75, 3.05) is 6.54 Å². The molecule has 114 valence electrons. The number of carbonyl (C=O) groups excluding carboxylic acids is 1. The van der Waals surface area contributed by atoms with Gasteiger partial charge in [0.25, 0.3) is 0 Å². The van der Waals surface area contributed by atoms with Crippen LogP contribution in [0.1, 0.15) is 62.0 Å². The van der Waals surface area contributed by atoms with Gasteiger partial charge in [-0.15, -0.1) is 0 Å². The van der Waals surface area contributed by atoms with Gasteiger partial charge < -0.3 is 10.4 Å². The van der Waals surface area contributed by atoms with Crippen LogP contribution >= 0.6 is 0 Å². The minimum atomic E-state index is -0.665. The van der Waals surface area contributed by atoms with E-state index in [2.05, 4.69) is 29.6 Å². The molecular weight excluding hydrogens is 262 g/mol. The van der Waals surface area contributed by atoms with Crippen LogP contribution in [0.3, 0.4) is 0 Å². The molecule has 0 aliphatic heterocycles. The molecule has 1 aromatic carbocycles. The second-order valence-corrected chi connectivity index (χ2v) is 6.70. The Kier molecular flexibility index (Phi) is 4.29. The summed E-state index contributed by atoms with van der Waals surface area (Å²) in [6, 6.07) is 8.44. The first kappa shape index (κ1) is 14.6. The Morgan fingerprint density at radius 3 is 2.81 bits per heavy atom. The Morgan fingerprint density at radius 2 is 2.00 bits per heavy atom. The maximum atomic E-state index is 12.2. The molecular formula is C18H25NO2. The van der Waals surface area contributed by atoms with E-state index < -0.39 is 5.60 Å². The van der Waals surface area contributed by atoms with Gasteiger partial charge in [-0.1, -0.05) is 43.5 Å². The summed E-state index contributed by atoms with van der Waals surface area (Å²) in [4.78, 5) is 12.2. The fourth-order valence-corrected chi connectivity index (χ4v) is 3.80. The predicted molar refractivity (Wildman–Crippen MR) is 83.2 cm³/mol. The monoisotopic (exact) mass is 287 g/mol. The molecule has 0 heterocycles. The Bertz CT molecular complexity index is 506. The zero-order valence-electron chi connectivity index (χ0n) is 12.6. The second kappa shape index (κ2) is 6.18. The van der Waals surface area contributed by atoms with Gasteiger partial charge in [0, 0.05) is 13.0 Å². The molecule has 0 saturated heterocycles. The van der Waals surface area contributed by atoms with Crippen molar-refractivity contribution in [1.29, 1.82) is 0 Å². The molecule has 1 saturated carbocycles. The summed E-state index contributed by atoms with van der Waals surface area (Å²) in [5.41, 5.74) is 2.06. The van der Waals surface area contributed by atoms with Gasteiger partial charge in [-0.25, -0.2) is 0 Å². The van der Waals surface area contributed by atoms with E-state index >= 15 is 0 Å². The third-order valence-corrected chi connectivity index (χ3v) is 5.09. The molecule has 0 spiro atoms. The van der Waals surface area contributed by atoms with Crippen LogP contribution in [0, 0.1) is 0 Å². The minimum Gasteiger partial charge on any atom is -0.388 e. The lowest BCUT2D eigenvalue weighted by Gasteiger charge is -2.32. The number of carbonyl (C=O) groups is 1. The lowest BCUT2D eigenvalue weighted by molar-refractivity contribution is -0.123. The summed E-state index contributed by atoms with van der Waals surface area (Å²) >= 11 is 0. The standard InChI is InChI=1S/C18H25NO2/c20-17(19-13-18(21)10-4-1-5-11-18)12-15-9-8-14-6-2-3-7-16(14)15/h2-3,6-7,15,21H,1,4-5,8-13H2,(H,19,20). The maximum Gasteiger partial charge on any atom is 0.220 e. The van der Waals surface area contributed by atoms with Crippen molar-refractivity contribution in [3.05, 3.63) is 35.4 Å². The van der Waals surface area contributed by atoms with Gasteiger partial charge in [0.15, 0.2) is 0 Å². The van der Waals surface area contributed by atoms with Crippen LogP contribution in [0.5, 0.6) is 0 Å². The number of aliphatic hydroxyl groups is 1. The number of fused-ring (bicyclic) bond motifs is 1. The molecule has 3 nitrogen and oxygen atoms in total. The van der Waals surface area contributed by atoms with Crippen molar-refractivity contribution in [2.45, 2.75) is 62.9 Å². The summed E-state index contributed by atoms with van der Waals surface area (Å²) in [6.45, 7) is 0.417. The molecule has 1 atom stereocenters. The molecule has 21 heavy (non-hydrogen) atoms. The molecule has 2 N–H and O–H groups in total. The number of hydrogen-bond donors (Lipinski definition) is 2. The van der Waals surface area contributed by atoms with E-state index in [4.69, 9.17) is 0 Å². The summed E-state index contributed by atoms with van der Waals surface area (Å²) in [5.74, 6) is 0.429. The van der Waals surface area contributed by atoms with E-state index in [0.29, 0.717) is 18.9 Å². The van der Waals surface area contributed by atoms with Crippen molar-refractivity contribution in [1.82, 2.24) is 5.32 Å². The largest absolute Gasteiger partial charge is 0.388 e. The minimum absolute atomic E-state index is 0.0794. The van der Waals surface area contributed by atoms with Crippen LogP contribution < -0.4 is 5.32 Å². The van der Waals surface area contributed by atoms with Gasteiger partial charge in [0.2, 0.25) is 5.91 Å². The molecule has 1 fully saturated rings. The van der Waals surface area contributed by atoms with Gasteiger partial charge in [0.1, 0.15) is 0 Å². The molecule has 1 aromatic rings. The maximum absolute atomic E-state index is 12.2. The van der Waals surface area contributed by atoms with Crippen molar-refractivity contribution < 1.29 is 9.90 Å². The van der Waals surface area contributed by atoms with Crippen LogP contribution in [0.25, 0.3) is 0 Å². The fourth-order valence-electron chi connectivity index (χ4n) is 3.80. The third-order valence-electron chi connectivity index (χ3n) is 5.09. The first-order valence-corrected chi connectivity index (χ1v) is 8.23. The molecule has 1 amide bonds. The Hall–Kier alpha value is -1.35. The van der Waals surface area contributed by atoms with Gasteiger partial charge in [-0.3, -0.25) is 4.79 Å². The van der Waals surface area contributed by atoms with Crippen LogP contribution in [-0.4, -0.2) is 23.2 Å². The number of amides is 1. The molecule has 0 aromatic heterocycles. The highest BCUT2D eigenvalue weighted by Gasteiger charge is 2.30. The van der Waals surface area contributed by atoms with E-state index in [1.165, 1.54) is 17.5 Å². The lowest BCUT2D eigenvalue weighted by atomic mass is 9.85. The first-order chi connectivity index (χ1) is 10.2. The van der Waals surface area contributed by atoms with E-state index in [-0.39, 0.29) is 5.91 Å². The van der Waals surface area contributed by atoms with Gasteiger partial charge >= 0.3 is 0 Å². The van der Waals surface area contributed by atoms with Crippen LogP contribution in [0.2, 0.25) is 0 Å². The Morgan fingerprint density at radius 1 is 1.24 bits per heavy atom. The summed E-state index contributed by atoms with van der Waals surface area (Å²) in [6.07, 6.45) is 7.68. The van der Waals surface area contributed by atoms with Crippen LogP contribution in [-0.2, 0) is 11.2 Å². The number of benzene rings is 1. The number of rotatable bonds is 4. The molecule has 2 aliphatic rings. The normalized spacial score (nSPS) is 23.6. The van der Waals surface area contributed by atoms with E-state index in [1.807, 2.05) is 0 Å². The third kappa shape index (κ3) is 3.46. The van der Waals surface area contributed by atoms with Crippen LogP contribution in [0.4, 0.5) is 0 Å². The molecule has 0 bridgehead atoms. The summed E-state index contributed by atoms with van der Waals surface area (Å²) in [7, 11) is 0. The lowest BCUT2D eigenvalue weighted by Crippen LogP contribution is -2.44. The number of hydrogen-bond acceptors (Lipinski definition) is 2. The second-order valence-electron chi connectivity index (χ2n) is 6.70. The molecule has 2 aliphatic carbocycles. The van der Waals surface area contributed by atoms with Crippen molar-refractivity contribution >= 4 is 5.91 Å². The van der Waals surface area contributed by atoms with E-state index in [1.54, 1.807) is 0 Å². The highest BCUT2D eigenvalue weighted by Crippen LogP contribution is 2.35. The zero-order chi connectivity index (χ0) is 14.7. The number of nitrogens with one attached hydrogen (secondary N) is 1. The smallest absolute Gasteiger partial charge is 0.220 e. The Balaban J connectivity index is 1.51. The topological polar surface area (TPSA) is 49.3 Å². The molecule has 0 radical (unpaired) electrons. The molecule has 3 rings (SSSR count). The average Bonchev–Trinajstić information content (AvgIpc) is 2.90. The van der Waals surface area contributed by atoms with E-state index in [9.17, 15) is 9.90 Å². The van der Waals surface area contributed by atoms with Gasteiger partial charge in [0.05, 0.1) is 5.60 Å². The molecule has 1 unspecified atom stereocenters. The highest BCUT2D eigenvalue weighted by atomic mass is 16.3. The SMILES string of the molecule is O=C(CC1CCc2ccccc21)NCC1(O)CCCCC1. The van der Waals surface area contributed by atoms with Crippen LogP contribution in [0.15, 0.2) is 24.3 Å². The van der Waals surface area contributed by atoms with Crippen molar-refractivity contribution in [3.63, 3.8) is 0 Å². The van der Waals surface area contributed by atoms with E-state index in [0.717, 1.165) is 38.5 Å². The summed E-state index contributed by atoms with van der Waals surface area (Å²) < 4.78 is 0. The van der Waals surface area contributed by atoms with Gasteiger partial charge in [-0.2, -0.15) is 0 Å². The zero-order valence-corrected chi connectivity index (χ0v) is 12.6. The molecule has 3 heteroatoms. The van der Waals surface area contributed by atoms with Crippen molar-refractivity contribution in [2.24, 2.45) is 0 Å². The first-order valence-electron chi connectivity index (χ1n) is 8.23. The quantitative estimate of drug-likeness (QED) is 0.894. The van der Waals surface area contributed by atoms with Gasteiger partial charge in [-0.05, 0) is 42.7 Å². The fraction of sp³-hybridized carbons (Fsp3) is 0.611.